The number of anilines is 3. The number of aryl methyl sites for hydroxylation is 6. The Hall–Kier alpha value is -9.04. The average Bonchev–Trinajstić information content (AvgIpc) is 3.50. The Balaban J connectivity index is 0.916. The van der Waals surface area contributed by atoms with E-state index in [1.165, 1.54) is 89.1 Å². The van der Waals surface area contributed by atoms with Crippen molar-refractivity contribution in [3.63, 3.8) is 0 Å². The summed E-state index contributed by atoms with van der Waals surface area (Å²) >= 11 is 0. The van der Waals surface area contributed by atoms with Crippen LogP contribution >= 0.6 is 0 Å². The highest BCUT2D eigenvalue weighted by molar-refractivity contribution is 5.81. The van der Waals surface area contributed by atoms with Crippen molar-refractivity contribution in [1.29, 1.82) is 0 Å². The van der Waals surface area contributed by atoms with Crippen molar-refractivity contribution in [3.05, 3.63) is 351 Å². The summed E-state index contributed by atoms with van der Waals surface area (Å²) in [5.41, 5.74) is 27.5. The van der Waals surface area contributed by atoms with Gasteiger partial charge in [-0.25, -0.2) is 0 Å². The molecule has 0 atom stereocenters. The van der Waals surface area contributed by atoms with Crippen LogP contribution in [-0.4, -0.2) is 0 Å². The highest BCUT2D eigenvalue weighted by atomic mass is 15.1. The number of benzene rings is 10. The lowest BCUT2D eigenvalue weighted by Crippen LogP contribution is -2.11. The Labute approximate surface area is 477 Å². The molecular weight excluding hydrogens is 963 g/mol. The highest BCUT2D eigenvalue weighted by Crippen LogP contribution is 2.40. The predicted molar refractivity (Wildman–Crippen MR) is 346 cm³/mol. The van der Waals surface area contributed by atoms with Crippen LogP contribution in [0, 0.1) is 13.8 Å². The maximum absolute atomic E-state index is 3.93. The van der Waals surface area contributed by atoms with Crippen LogP contribution in [-0.2, 0) is 38.5 Å². The number of hydrogen-bond acceptors (Lipinski definition) is 1. The van der Waals surface area contributed by atoms with Gasteiger partial charge in [-0.1, -0.05) is 245 Å². The lowest BCUT2D eigenvalue weighted by molar-refractivity contribution is 0.820. The zero-order chi connectivity index (χ0) is 55.2. The van der Waals surface area contributed by atoms with E-state index in [4.69, 9.17) is 0 Å². The van der Waals surface area contributed by atoms with Crippen molar-refractivity contribution < 1.29 is 0 Å². The highest BCUT2D eigenvalue weighted by Gasteiger charge is 2.21. The zero-order valence-electron chi connectivity index (χ0n) is 46.8. The topological polar surface area (TPSA) is 3.24 Å². The van der Waals surface area contributed by atoms with Crippen LogP contribution in [0.4, 0.5) is 17.1 Å². The molecule has 10 aromatic carbocycles. The lowest BCUT2D eigenvalue weighted by atomic mass is 9.81. The third-order valence-electron chi connectivity index (χ3n) is 15.9. The van der Waals surface area contributed by atoms with Crippen LogP contribution in [0.5, 0.6) is 0 Å². The van der Waals surface area contributed by atoms with Gasteiger partial charge in [0.15, 0.2) is 0 Å². The van der Waals surface area contributed by atoms with Crippen molar-refractivity contribution in [2.45, 2.75) is 71.1 Å². The number of hydrogen-bond donors (Lipinski definition) is 0. The first kappa shape index (κ1) is 54.3. The van der Waals surface area contributed by atoms with E-state index >= 15 is 0 Å². The molecule has 10 aromatic rings. The van der Waals surface area contributed by atoms with Crippen molar-refractivity contribution in [1.82, 2.24) is 0 Å². The molecule has 0 fully saturated rings. The maximum Gasteiger partial charge on any atom is 0.0491 e. The molecule has 0 unspecified atom stereocenters. The van der Waals surface area contributed by atoms with Gasteiger partial charge in [0.2, 0.25) is 0 Å². The van der Waals surface area contributed by atoms with E-state index in [2.05, 4.69) is 276 Å². The molecule has 1 nitrogen and oxygen atoms in total. The van der Waals surface area contributed by atoms with E-state index in [9.17, 15) is 0 Å². The molecule has 1 heteroatoms. The summed E-state index contributed by atoms with van der Waals surface area (Å²) < 4.78 is 0. The van der Waals surface area contributed by atoms with Crippen LogP contribution in [0.3, 0.4) is 0 Å². The van der Waals surface area contributed by atoms with Gasteiger partial charge in [-0.3, -0.25) is 0 Å². The summed E-state index contributed by atoms with van der Waals surface area (Å²) in [6.07, 6.45) is 15.7. The molecule has 0 bridgehead atoms. The first-order valence-corrected chi connectivity index (χ1v) is 28.4. The molecule has 10 rings (SSSR count). The summed E-state index contributed by atoms with van der Waals surface area (Å²) in [6.45, 7) is 20.2. The van der Waals surface area contributed by atoms with E-state index < -0.39 is 0 Å². The lowest BCUT2D eigenvalue weighted by Gasteiger charge is -2.28. The second-order valence-corrected chi connectivity index (χ2v) is 21.5. The number of rotatable bonds is 23. The fourth-order valence-electron chi connectivity index (χ4n) is 11.2. The minimum atomic E-state index is 0.0610. The molecule has 0 aliphatic rings. The molecule has 0 aliphatic heterocycles. The fraction of sp³-hybridized carbons (Fsp3) is 0.139. The number of nitrogens with zero attached hydrogens (tertiary/aromatic N) is 1. The van der Waals surface area contributed by atoms with Gasteiger partial charge in [0.1, 0.15) is 0 Å². The molecule has 0 spiro atoms. The standard InChI is InChI=1S/C79H73N/c1-7-59-17-25-63(26-18-59)13-11-15-65-37-47-75(48-38-65)80(76-49-39-66(40-50-76)16-12-14-64-27-19-60(8-2)20-28-64)78-52-46-74(54-58(78)6)73-45-51-77(57(5)53-73)79(71-41-33-69(34-42-71)55-67-29-21-61(9-3)22-30-67)72-43-35-70(36-44-72)56-68-31-23-62(10-4)24-32-68/h7-10,17-54,79H,1-4,11-16,55-56H2,5-6H3. The summed E-state index contributed by atoms with van der Waals surface area (Å²) in [4.78, 5) is 2.43. The largest absolute Gasteiger partial charge is 0.310 e. The molecule has 394 valence electrons. The van der Waals surface area contributed by atoms with E-state index in [-0.39, 0.29) is 5.92 Å². The van der Waals surface area contributed by atoms with Gasteiger partial charge >= 0.3 is 0 Å². The molecule has 0 aliphatic carbocycles. The van der Waals surface area contributed by atoms with E-state index in [0.29, 0.717) is 0 Å². The van der Waals surface area contributed by atoms with Gasteiger partial charge in [-0.2, -0.15) is 0 Å². The quantitative estimate of drug-likeness (QED) is 0.0577. The molecule has 0 saturated carbocycles. The molecule has 0 aromatic heterocycles. The predicted octanol–water partition coefficient (Wildman–Crippen LogP) is 20.7. The maximum atomic E-state index is 3.93. The molecule has 80 heavy (non-hydrogen) atoms. The SMILES string of the molecule is C=Cc1ccc(CCCc2ccc(N(c3ccc(CCCc4ccc(C=C)cc4)cc3)c3ccc(-c4ccc(C(c5ccc(Cc6ccc(C=C)cc6)cc5)c5ccc(Cc6ccc(C=C)cc6)cc5)c(C)c4)cc3C)cc2)cc1. The average molecular weight is 1040 g/mol. The first-order chi connectivity index (χ1) is 39.2. The van der Waals surface area contributed by atoms with Gasteiger partial charge in [-0.05, 0) is 207 Å². The second kappa shape index (κ2) is 26.1. The van der Waals surface area contributed by atoms with E-state index in [1.807, 2.05) is 24.3 Å². The van der Waals surface area contributed by atoms with Crippen LogP contribution in [0.2, 0.25) is 0 Å². The van der Waals surface area contributed by atoms with Gasteiger partial charge in [0.25, 0.3) is 0 Å². The van der Waals surface area contributed by atoms with E-state index in [0.717, 1.165) is 85.0 Å². The second-order valence-electron chi connectivity index (χ2n) is 21.5. The zero-order valence-corrected chi connectivity index (χ0v) is 46.8. The molecular formula is C79H73N. The molecule has 0 amide bonds. The Morgan fingerprint density at radius 3 is 0.950 bits per heavy atom. The van der Waals surface area contributed by atoms with Gasteiger partial charge < -0.3 is 4.90 Å². The van der Waals surface area contributed by atoms with Gasteiger partial charge in [-0.15, -0.1) is 0 Å². The fourth-order valence-corrected chi connectivity index (χ4v) is 11.2. The van der Waals surface area contributed by atoms with Gasteiger partial charge in [0.05, 0.1) is 0 Å². The summed E-state index contributed by atoms with van der Waals surface area (Å²) in [5.74, 6) is 0.0610. The monoisotopic (exact) mass is 1040 g/mol. The Bertz CT molecular complexity index is 3470. The van der Waals surface area contributed by atoms with Crippen molar-refractivity contribution in [2.75, 3.05) is 4.90 Å². The summed E-state index contributed by atoms with van der Waals surface area (Å²) in [5, 5.41) is 0. The van der Waals surface area contributed by atoms with Gasteiger partial charge in [0, 0.05) is 23.0 Å². The molecule has 0 N–H and O–H groups in total. The third kappa shape index (κ3) is 13.6. The normalized spacial score (nSPS) is 11.1. The Kier molecular flexibility index (Phi) is 17.7. The summed E-state index contributed by atoms with van der Waals surface area (Å²) in [7, 11) is 0. The van der Waals surface area contributed by atoms with Crippen molar-refractivity contribution in [2.24, 2.45) is 0 Å². The Morgan fingerprint density at radius 2 is 0.625 bits per heavy atom. The van der Waals surface area contributed by atoms with E-state index in [1.54, 1.807) is 0 Å². The third-order valence-corrected chi connectivity index (χ3v) is 15.9. The Morgan fingerprint density at radius 1 is 0.325 bits per heavy atom. The molecule has 0 radical (unpaired) electrons. The van der Waals surface area contributed by atoms with Crippen molar-refractivity contribution >= 4 is 41.4 Å². The smallest absolute Gasteiger partial charge is 0.0491 e. The minimum absolute atomic E-state index is 0.0610. The van der Waals surface area contributed by atoms with Crippen LogP contribution in [0.25, 0.3) is 35.4 Å². The summed E-state index contributed by atoms with van der Waals surface area (Å²) in [6, 6.07) is 86.1. The van der Waals surface area contributed by atoms with Crippen molar-refractivity contribution in [3.8, 4) is 11.1 Å². The van der Waals surface area contributed by atoms with Crippen LogP contribution in [0.15, 0.2) is 257 Å². The molecule has 0 saturated heterocycles. The van der Waals surface area contributed by atoms with Crippen LogP contribution < -0.4 is 4.90 Å². The molecule has 0 heterocycles. The van der Waals surface area contributed by atoms with Crippen LogP contribution in [0.1, 0.15) is 113 Å². The minimum Gasteiger partial charge on any atom is -0.310 e. The first-order valence-electron chi connectivity index (χ1n) is 28.4.